The minimum Gasteiger partial charge on any atom is -0.465 e. The molecule has 0 aliphatic heterocycles. The number of benzene rings is 1. The molecular weight excluding hydrogens is 298 g/mol. The molecule has 0 atom stereocenters. The van der Waals surface area contributed by atoms with E-state index in [4.69, 9.17) is 16.3 Å². The molecule has 2 heterocycles. The number of fused-ring (bicyclic) bond motifs is 1. The van der Waals surface area contributed by atoms with Crippen LogP contribution in [0.25, 0.3) is 10.3 Å². The van der Waals surface area contributed by atoms with Crippen molar-refractivity contribution in [3.8, 4) is 0 Å². The lowest BCUT2D eigenvalue weighted by Gasteiger charge is -2.01. The summed E-state index contributed by atoms with van der Waals surface area (Å²) in [5.74, 6) is -0.356. The number of carbonyl (C=O) groups is 1. The van der Waals surface area contributed by atoms with E-state index < -0.39 is 0 Å². The van der Waals surface area contributed by atoms with Gasteiger partial charge in [0.1, 0.15) is 15.2 Å². The quantitative estimate of drug-likeness (QED) is 0.698. The van der Waals surface area contributed by atoms with Crippen LogP contribution in [-0.4, -0.2) is 28.1 Å². The second-order valence-corrected chi connectivity index (χ2v) is 5.63. The van der Waals surface area contributed by atoms with Gasteiger partial charge in [-0.15, -0.1) is 16.4 Å². The van der Waals surface area contributed by atoms with Gasteiger partial charge in [0.25, 0.3) is 0 Å². The Bertz CT molecular complexity index is 764. The normalized spacial score (nSPS) is 10.9. The molecular formula is C13H10ClN3O2S. The molecule has 20 heavy (non-hydrogen) atoms. The molecule has 1 aromatic carbocycles. The Balaban J connectivity index is 1.93. The van der Waals surface area contributed by atoms with E-state index in [2.05, 4.69) is 10.3 Å². The molecule has 5 nitrogen and oxygen atoms in total. The molecule has 2 aromatic heterocycles. The third-order valence-electron chi connectivity index (χ3n) is 2.82. The van der Waals surface area contributed by atoms with Crippen molar-refractivity contribution in [2.75, 3.05) is 7.11 Å². The summed E-state index contributed by atoms with van der Waals surface area (Å²) in [6.45, 7) is 0.578. The summed E-state index contributed by atoms with van der Waals surface area (Å²) in [5.41, 5.74) is 1.76. The third-order valence-corrected chi connectivity index (χ3v) is 4.19. The maximum absolute atomic E-state index is 11.5. The first-order valence-corrected chi connectivity index (χ1v) is 7.02. The summed E-state index contributed by atoms with van der Waals surface area (Å²) in [7, 11) is 1.36. The standard InChI is InChI=1S/C13H10ClN3O2S/c1-19-13(18)11-6-10-12(20-11)17(16-15-10)7-8-2-4-9(14)5-3-8/h2-6H,7H2,1H3. The zero-order chi connectivity index (χ0) is 14.1. The molecule has 7 heteroatoms. The Morgan fingerprint density at radius 3 is 2.85 bits per heavy atom. The molecule has 0 fully saturated rings. The SMILES string of the molecule is COC(=O)c1cc2nnn(Cc3ccc(Cl)cc3)c2s1. The molecule has 3 rings (SSSR count). The lowest BCUT2D eigenvalue weighted by Crippen LogP contribution is -2.01. The average molecular weight is 308 g/mol. The van der Waals surface area contributed by atoms with Crippen molar-refractivity contribution < 1.29 is 9.53 Å². The number of carbonyl (C=O) groups excluding carboxylic acids is 1. The highest BCUT2D eigenvalue weighted by atomic mass is 35.5. The van der Waals surface area contributed by atoms with Gasteiger partial charge in [0, 0.05) is 5.02 Å². The fourth-order valence-corrected chi connectivity index (χ4v) is 2.92. The maximum atomic E-state index is 11.5. The van der Waals surface area contributed by atoms with Gasteiger partial charge < -0.3 is 4.74 Å². The molecule has 0 unspecified atom stereocenters. The van der Waals surface area contributed by atoms with Crippen LogP contribution >= 0.6 is 22.9 Å². The number of hydrogen-bond donors (Lipinski definition) is 0. The molecule has 3 aromatic rings. The van der Waals surface area contributed by atoms with Crippen LogP contribution < -0.4 is 0 Å². The molecule has 0 aliphatic rings. The fraction of sp³-hybridized carbons (Fsp3) is 0.154. The van der Waals surface area contributed by atoms with Crippen molar-refractivity contribution in [2.24, 2.45) is 0 Å². The number of methoxy groups -OCH3 is 1. The van der Waals surface area contributed by atoms with Crippen molar-refractivity contribution in [3.05, 3.63) is 45.8 Å². The van der Waals surface area contributed by atoms with Crippen LogP contribution in [0, 0.1) is 0 Å². The predicted octanol–water partition coefficient (Wildman–Crippen LogP) is 2.98. The van der Waals surface area contributed by atoms with E-state index in [0.29, 0.717) is 22.0 Å². The van der Waals surface area contributed by atoms with Crippen LogP contribution in [0.5, 0.6) is 0 Å². The molecule has 0 bridgehead atoms. The van der Waals surface area contributed by atoms with E-state index in [-0.39, 0.29) is 5.97 Å². The first-order chi connectivity index (χ1) is 9.67. The van der Waals surface area contributed by atoms with Gasteiger partial charge in [-0.2, -0.15) is 0 Å². The number of hydrogen-bond acceptors (Lipinski definition) is 5. The number of aromatic nitrogens is 3. The molecule has 0 aliphatic carbocycles. The highest BCUT2D eigenvalue weighted by Crippen LogP contribution is 2.25. The Morgan fingerprint density at radius 1 is 1.40 bits per heavy atom. The summed E-state index contributed by atoms with van der Waals surface area (Å²) in [5, 5.41) is 8.85. The number of nitrogens with zero attached hydrogens (tertiary/aromatic N) is 3. The van der Waals surface area contributed by atoms with Gasteiger partial charge in [0.15, 0.2) is 0 Å². The Hall–Kier alpha value is -1.92. The number of ether oxygens (including phenoxy) is 1. The summed E-state index contributed by atoms with van der Waals surface area (Å²) in [4.78, 5) is 12.9. The first kappa shape index (κ1) is 13.1. The smallest absolute Gasteiger partial charge is 0.348 e. The van der Waals surface area contributed by atoms with Crippen molar-refractivity contribution in [1.29, 1.82) is 0 Å². The van der Waals surface area contributed by atoms with Crippen LogP contribution in [0.4, 0.5) is 0 Å². The van der Waals surface area contributed by atoms with Gasteiger partial charge in [0.2, 0.25) is 0 Å². The van der Waals surface area contributed by atoms with Gasteiger partial charge in [-0.3, -0.25) is 0 Å². The predicted molar refractivity (Wildman–Crippen MR) is 77.3 cm³/mol. The Labute approximate surface area is 123 Å². The summed E-state index contributed by atoms with van der Waals surface area (Å²) >= 11 is 7.18. The van der Waals surface area contributed by atoms with Crippen LogP contribution in [0.15, 0.2) is 30.3 Å². The monoisotopic (exact) mass is 307 g/mol. The highest BCUT2D eigenvalue weighted by Gasteiger charge is 2.15. The van der Waals surface area contributed by atoms with Gasteiger partial charge in [-0.1, -0.05) is 28.9 Å². The van der Waals surface area contributed by atoms with E-state index in [0.717, 1.165) is 10.4 Å². The summed E-state index contributed by atoms with van der Waals surface area (Å²) < 4.78 is 6.47. The van der Waals surface area contributed by atoms with Gasteiger partial charge in [0.05, 0.1) is 13.7 Å². The van der Waals surface area contributed by atoms with Crippen LogP contribution in [0.3, 0.4) is 0 Å². The minimum absolute atomic E-state index is 0.356. The highest BCUT2D eigenvalue weighted by molar-refractivity contribution is 7.20. The van der Waals surface area contributed by atoms with Gasteiger partial charge >= 0.3 is 5.97 Å². The number of rotatable bonds is 3. The second-order valence-electron chi connectivity index (χ2n) is 4.17. The van der Waals surface area contributed by atoms with Gasteiger partial charge in [-0.05, 0) is 23.8 Å². The van der Waals surface area contributed by atoms with Crippen molar-refractivity contribution >= 4 is 39.3 Å². The lowest BCUT2D eigenvalue weighted by atomic mass is 10.2. The van der Waals surface area contributed by atoms with Crippen LogP contribution in [0.1, 0.15) is 15.2 Å². The topological polar surface area (TPSA) is 57.0 Å². The number of esters is 1. The number of thiophene rings is 1. The zero-order valence-corrected chi connectivity index (χ0v) is 12.1. The Morgan fingerprint density at radius 2 is 2.15 bits per heavy atom. The number of halogens is 1. The van der Waals surface area contributed by atoms with Crippen LogP contribution in [0.2, 0.25) is 5.02 Å². The van der Waals surface area contributed by atoms with Crippen molar-refractivity contribution in [3.63, 3.8) is 0 Å². The molecule has 0 spiro atoms. The second kappa shape index (κ2) is 5.22. The molecule has 0 amide bonds. The molecule has 0 N–H and O–H groups in total. The summed E-state index contributed by atoms with van der Waals surface area (Å²) in [6.07, 6.45) is 0. The third kappa shape index (κ3) is 2.39. The van der Waals surface area contributed by atoms with E-state index in [1.54, 1.807) is 10.7 Å². The van der Waals surface area contributed by atoms with E-state index in [1.807, 2.05) is 24.3 Å². The zero-order valence-electron chi connectivity index (χ0n) is 10.5. The summed E-state index contributed by atoms with van der Waals surface area (Å²) in [6, 6.07) is 9.23. The van der Waals surface area contributed by atoms with E-state index in [9.17, 15) is 4.79 Å². The average Bonchev–Trinajstić information content (AvgIpc) is 3.02. The van der Waals surface area contributed by atoms with Crippen molar-refractivity contribution in [1.82, 2.24) is 15.0 Å². The molecule has 0 saturated carbocycles. The Kier molecular flexibility index (Phi) is 3.42. The van der Waals surface area contributed by atoms with Gasteiger partial charge in [-0.25, -0.2) is 9.48 Å². The lowest BCUT2D eigenvalue weighted by molar-refractivity contribution is 0.0606. The van der Waals surface area contributed by atoms with Crippen LogP contribution in [-0.2, 0) is 11.3 Å². The van der Waals surface area contributed by atoms with Crippen molar-refractivity contribution in [2.45, 2.75) is 6.54 Å². The fourth-order valence-electron chi connectivity index (χ4n) is 1.84. The largest absolute Gasteiger partial charge is 0.465 e. The molecule has 0 saturated heterocycles. The molecule has 102 valence electrons. The minimum atomic E-state index is -0.356. The van der Waals surface area contributed by atoms with E-state index >= 15 is 0 Å². The van der Waals surface area contributed by atoms with E-state index in [1.165, 1.54) is 18.4 Å². The maximum Gasteiger partial charge on any atom is 0.348 e. The first-order valence-electron chi connectivity index (χ1n) is 5.83. The molecule has 0 radical (unpaired) electrons.